The van der Waals surface area contributed by atoms with Crippen LogP contribution < -0.4 is 10.9 Å². The van der Waals surface area contributed by atoms with E-state index in [1.807, 2.05) is 6.07 Å². The highest BCUT2D eigenvalue weighted by atomic mass is 16.2. The van der Waals surface area contributed by atoms with Crippen LogP contribution in [0.2, 0.25) is 0 Å². The largest absolute Gasteiger partial charge is 0.286 e. The zero-order chi connectivity index (χ0) is 19.3. The van der Waals surface area contributed by atoms with Gasteiger partial charge in [0.05, 0.1) is 5.52 Å². The molecule has 0 aliphatic heterocycles. The van der Waals surface area contributed by atoms with Gasteiger partial charge in [0.15, 0.2) is 0 Å². The summed E-state index contributed by atoms with van der Waals surface area (Å²) < 4.78 is 0. The maximum absolute atomic E-state index is 12.9. The Morgan fingerprint density at radius 1 is 1.14 bits per heavy atom. The van der Waals surface area contributed by atoms with Gasteiger partial charge < -0.3 is 0 Å². The summed E-state index contributed by atoms with van der Waals surface area (Å²) in [4.78, 5) is 17.6. The Bertz CT molecular complexity index is 871. The quantitative estimate of drug-likeness (QED) is 0.740. The predicted octanol–water partition coefficient (Wildman–Crippen LogP) is 4.74. The van der Waals surface area contributed by atoms with E-state index in [1.54, 1.807) is 0 Å². The summed E-state index contributed by atoms with van der Waals surface area (Å²) in [5.41, 5.74) is 9.08. The van der Waals surface area contributed by atoms with Crippen LogP contribution >= 0.6 is 0 Å². The summed E-state index contributed by atoms with van der Waals surface area (Å²) >= 11 is 0. The van der Waals surface area contributed by atoms with E-state index in [0.717, 1.165) is 29.7 Å². The Labute approximate surface area is 167 Å². The molecule has 1 aromatic heterocycles. The van der Waals surface area contributed by atoms with Crippen LogP contribution in [0, 0.1) is 17.8 Å². The second-order valence-corrected chi connectivity index (χ2v) is 9.68. The summed E-state index contributed by atoms with van der Waals surface area (Å²) in [6.07, 6.45) is 9.11. The van der Waals surface area contributed by atoms with E-state index in [2.05, 4.69) is 49.0 Å². The molecule has 2 N–H and O–H groups in total. The lowest BCUT2D eigenvalue weighted by Gasteiger charge is -2.57. The molecule has 4 aliphatic carbocycles. The van der Waals surface area contributed by atoms with Gasteiger partial charge in [-0.1, -0.05) is 25.1 Å². The number of para-hydroxylation sites is 1. The maximum atomic E-state index is 12.9. The van der Waals surface area contributed by atoms with Crippen LogP contribution in [0.25, 0.3) is 10.9 Å². The first-order chi connectivity index (χ1) is 13.6. The van der Waals surface area contributed by atoms with Crippen LogP contribution in [0.1, 0.15) is 74.8 Å². The summed E-state index contributed by atoms with van der Waals surface area (Å²) in [6, 6.07) is 10.7. The lowest BCUT2D eigenvalue weighted by atomic mass is 9.48. The highest BCUT2D eigenvalue weighted by molar-refractivity contribution is 5.96. The Morgan fingerprint density at radius 2 is 1.79 bits per heavy atom. The summed E-state index contributed by atoms with van der Waals surface area (Å²) in [5, 5.41) is 1.25. The van der Waals surface area contributed by atoms with Crippen molar-refractivity contribution in [3.8, 4) is 0 Å². The number of rotatable bonds is 5. The summed E-state index contributed by atoms with van der Waals surface area (Å²) in [7, 11) is 0. The number of nitrogens with zero attached hydrogens (tertiary/aromatic N) is 1. The lowest BCUT2D eigenvalue weighted by Crippen LogP contribution is -2.48. The second-order valence-electron chi connectivity index (χ2n) is 9.68. The minimum Gasteiger partial charge on any atom is -0.286 e. The van der Waals surface area contributed by atoms with Gasteiger partial charge in [0, 0.05) is 11.4 Å². The molecule has 0 radical (unpaired) electrons. The van der Waals surface area contributed by atoms with Crippen molar-refractivity contribution in [2.24, 2.45) is 17.8 Å². The third-order valence-electron chi connectivity index (χ3n) is 7.60. The fourth-order valence-electron chi connectivity index (χ4n) is 6.53. The Morgan fingerprint density at radius 3 is 2.43 bits per heavy atom. The highest BCUT2D eigenvalue weighted by Crippen LogP contribution is 2.61. The molecule has 1 amide bonds. The van der Waals surface area contributed by atoms with Crippen LogP contribution in [-0.4, -0.2) is 16.9 Å². The van der Waals surface area contributed by atoms with E-state index in [9.17, 15) is 4.79 Å². The number of pyridine rings is 1. The van der Waals surface area contributed by atoms with Gasteiger partial charge in [-0.05, 0) is 92.7 Å². The number of hydrogen-bond acceptors (Lipinski definition) is 3. The molecule has 4 bridgehead atoms. The molecule has 28 heavy (non-hydrogen) atoms. The van der Waals surface area contributed by atoms with Gasteiger partial charge in [0.2, 0.25) is 0 Å². The van der Waals surface area contributed by atoms with E-state index in [4.69, 9.17) is 4.98 Å². The summed E-state index contributed by atoms with van der Waals surface area (Å²) in [5.74, 6) is 2.50. The monoisotopic (exact) mass is 377 g/mol. The molecule has 4 saturated carbocycles. The van der Waals surface area contributed by atoms with Crippen molar-refractivity contribution in [1.82, 2.24) is 15.8 Å². The van der Waals surface area contributed by atoms with Gasteiger partial charge >= 0.3 is 0 Å². The topological polar surface area (TPSA) is 54.0 Å². The molecular formula is C24H31N3O. The molecule has 6 rings (SSSR count). The van der Waals surface area contributed by atoms with E-state index in [-0.39, 0.29) is 17.4 Å². The standard InChI is InChI=1S/C24H31N3O/c1-3-15(2)26-27-23(28)22-11-20(19-6-4-5-7-21(19)25-22)24-12-16-8-17(13-24)10-18(9-16)14-24/h4-7,11,15-18,26H,3,8-10,12-14H2,1-2H3,(H,27,28). The number of hydrogen-bond donors (Lipinski definition) is 2. The number of aromatic nitrogens is 1. The Kier molecular flexibility index (Phi) is 4.42. The number of fused-ring (bicyclic) bond motifs is 1. The van der Waals surface area contributed by atoms with Gasteiger partial charge in [-0.2, -0.15) is 0 Å². The number of nitrogens with one attached hydrogen (secondary N) is 2. The van der Waals surface area contributed by atoms with Gasteiger partial charge in [-0.3, -0.25) is 10.2 Å². The third kappa shape index (κ3) is 3.02. The molecule has 0 spiro atoms. The molecule has 1 heterocycles. The Hall–Kier alpha value is -1.94. The zero-order valence-corrected chi connectivity index (χ0v) is 17.0. The van der Waals surface area contributed by atoms with Crippen molar-refractivity contribution in [3.63, 3.8) is 0 Å². The number of carbonyl (C=O) groups is 1. The number of benzene rings is 1. The first-order valence-corrected chi connectivity index (χ1v) is 11.0. The van der Waals surface area contributed by atoms with E-state index in [0.29, 0.717) is 5.69 Å². The first-order valence-electron chi connectivity index (χ1n) is 11.0. The minimum absolute atomic E-state index is 0.128. The van der Waals surface area contributed by atoms with Gasteiger partial charge in [0.1, 0.15) is 5.69 Å². The molecule has 1 unspecified atom stereocenters. The smallest absolute Gasteiger partial charge is 0.283 e. The Balaban J connectivity index is 1.56. The van der Waals surface area contributed by atoms with Crippen LogP contribution in [-0.2, 0) is 5.41 Å². The van der Waals surface area contributed by atoms with Crippen LogP contribution in [0.15, 0.2) is 30.3 Å². The molecular weight excluding hydrogens is 346 g/mol. The minimum atomic E-state index is -0.128. The molecule has 0 saturated heterocycles. The van der Waals surface area contributed by atoms with Gasteiger partial charge in [0.25, 0.3) is 5.91 Å². The van der Waals surface area contributed by atoms with Crippen LogP contribution in [0.4, 0.5) is 0 Å². The van der Waals surface area contributed by atoms with E-state index < -0.39 is 0 Å². The van der Waals surface area contributed by atoms with Crippen molar-refractivity contribution in [1.29, 1.82) is 0 Å². The van der Waals surface area contributed by atoms with E-state index in [1.165, 1.54) is 49.5 Å². The van der Waals surface area contributed by atoms with Crippen molar-refractivity contribution in [2.75, 3.05) is 0 Å². The summed E-state index contributed by atoms with van der Waals surface area (Å²) in [6.45, 7) is 4.16. The van der Waals surface area contributed by atoms with Gasteiger partial charge in [-0.25, -0.2) is 10.4 Å². The van der Waals surface area contributed by atoms with Crippen molar-refractivity contribution in [2.45, 2.75) is 70.3 Å². The molecule has 4 heteroatoms. The molecule has 148 valence electrons. The number of carbonyl (C=O) groups excluding carboxylic acids is 1. The molecule has 1 aromatic carbocycles. The fourth-order valence-corrected chi connectivity index (χ4v) is 6.53. The van der Waals surface area contributed by atoms with Crippen LogP contribution in [0.3, 0.4) is 0 Å². The average Bonchev–Trinajstić information content (AvgIpc) is 2.69. The van der Waals surface area contributed by atoms with Crippen molar-refractivity contribution in [3.05, 3.63) is 41.6 Å². The van der Waals surface area contributed by atoms with Crippen molar-refractivity contribution < 1.29 is 4.79 Å². The predicted molar refractivity (Wildman–Crippen MR) is 112 cm³/mol. The fraction of sp³-hybridized carbons (Fsp3) is 0.583. The maximum Gasteiger partial charge on any atom is 0.283 e. The number of amides is 1. The average molecular weight is 378 g/mol. The second kappa shape index (κ2) is 6.84. The normalized spacial score (nSPS) is 31.9. The van der Waals surface area contributed by atoms with Crippen LogP contribution in [0.5, 0.6) is 0 Å². The lowest BCUT2D eigenvalue weighted by molar-refractivity contribution is -0.00454. The molecule has 4 nitrogen and oxygen atoms in total. The molecule has 4 aliphatic rings. The highest BCUT2D eigenvalue weighted by Gasteiger charge is 2.52. The van der Waals surface area contributed by atoms with E-state index >= 15 is 0 Å². The van der Waals surface area contributed by atoms with Crippen molar-refractivity contribution >= 4 is 16.8 Å². The molecule has 1 atom stereocenters. The third-order valence-corrected chi connectivity index (χ3v) is 7.60. The zero-order valence-electron chi connectivity index (χ0n) is 17.0. The van der Waals surface area contributed by atoms with Gasteiger partial charge in [-0.15, -0.1) is 0 Å². The molecule has 2 aromatic rings. The first kappa shape index (κ1) is 18.1. The molecule has 4 fully saturated rings. The number of hydrazine groups is 1. The SMILES string of the molecule is CCC(C)NNC(=O)c1cc(C23CC4CC(CC(C4)C2)C3)c2ccccc2n1.